The van der Waals surface area contributed by atoms with Crippen molar-refractivity contribution < 1.29 is 13.9 Å². The zero-order valence-corrected chi connectivity index (χ0v) is 10.0. The second-order valence-corrected chi connectivity index (χ2v) is 5.25. The number of hydrogen-bond acceptors (Lipinski definition) is 2. The first-order chi connectivity index (χ1) is 7.91. The van der Waals surface area contributed by atoms with Gasteiger partial charge < -0.3 is 10.4 Å². The van der Waals surface area contributed by atoms with Crippen molar-refractivity contribution in [1.82, 2.24) is 5.32 Å². The Hall–Kier alpha value is -1.00. The third kappa shape index (κ3) is 2.33. The lowest BCUT2D eigenvalue weighted by Crippen LogP contribution is -2.59. The van der Waals surface area contributed by atoms with Crippen molar-refractivity contribution in [1.29, 1.82) is 0 Å². The smallest absolute Gasteiger partial charge is 0.159 e. The quantitative estimate of drug-likeness (QED) is 0.850. The highest BCUT2D eigenvalue weighted by molar-refractivity contribution is 5.18. The Bertz CT molecular complexity index is 420. The lowest BCUT2D eigenvalue weighted by molar-refractivity contribution is -0.0729. The van der Waals surface area contributed by atoms with E-state index < -0.39 is 11.6 Å². The number of rotatable bonds is 3. The third-order valence-corrected chi connectivity index (χ3v) is 3.75. The van der Waals surface area contributed by atoms with Gasteiger partial charge in [0.15, 0.2) is 11.6 Å². The first kappa shape index (κ1) is 12.5. The van der Waals surface area contributed by atoms with E-state index in [2.05, 4.69) is 5.32 Å². The second kappa shape index (κ2) is 4.35. The van der Waals surface area contributed by atoms with Gasteiger partial charge in [0.25, 0.3) is 0 Å². The Labute approximate surface area is 99.7 Å². The van der Waals surface area contributed by atoms with Crippen LogP contribution in [0.1, 0.15) is 25.8 Å². The molecular formula is C13H17F2NO. The highest BCUT2D eigenvalue weighted by Crippen LogP contribution is 2.40. The van der Waals surface area contributed by atoms with Crippen molar-refractivity contribution in [3.8, 4) is 0 Å². The van der Waals surface area contributed by atoms with E-state index >= 15 is 0 Å². The topological polar surface area (TPSA) is 32.3 Å². The molecule has 1 aromatic carbocycles. The zero-order chi connectivity index (χ0) is 12.6. The summed E-state index contributed by atoms with van der Waals surface area (Å²) >= 11 is 0. The molecule has 17 heavy (non-hydrogen) atoms. The fourth-order valence-corrected chi connectivity index (χ4v) is 2.14. The molecule has 1 aliphatic rings. The molecule has 4 heteroatoms. The van der Waals surface area contributed by atoms with E-state index in [0.717, 1.165) is 6.07 Å². The van der Waals surface area contributed by atoms with Gasteiger partial charge in [0.1, 0.15) is 0 Å². The maximum absolute atomic E-state index is 13.0. The van der Waals surface area contributed by atoms with E-state index in [-0.39, 0.29) is 17.6 Å². The van der Waals surface area contributed by atoms with Crippen LogP contribution < -0.4 is 5.32 Å². The second-order valence-electron chi connectivity index (χ2n) is 5.25. The van der Waals surface area contributed by atoms with Gasteiger partial charge in [-0.15, -0.1) is 0 Å². The number of benzene rings is 1. The van der Waals surface area contributed by atoms with Crippen LogP contribution in [-0.4, -0.2) is 17.3 Å². The molecule has 1 saturated carbocycles. The molecule has 0 radical (unpaired) electrons. The molecule has 0 aliphatic heterocycles. The van der Waals surface area contributed by atoms with Crippen LogP contribution in [-0.2, 0) is 6.54 Å². The van der Waals surface area contributed by atoms with Crippen LogP contribution in [0, 0.1) is 17.0 Å². The largest absolute Gasteiger partial charge is 0.392 e. The minimum absolute atomic E-state index is 0.154. The Morgan fingerprint density at radius 3 is 2.59 bits per heavy atom. The lowest BCUT2D eigenvalue weighted by Gasteiger charge is -2.49. The van der Waals surface area contributed by atoms with Gasteiger partial charge in [-0.25, -0.2) is 8.78 Å². The van der Waals surface area contributed by atoms with Crippen molar-refractivity contribution in [2.24, 2.45) is 5.41 Å². The average Bonchev–Trinajstić information content (AvgIpc) is 2.28. The summed E-state index contributed by atoms with van der Waals surface area (Å²) in [6, 6.07) is 4.11. The Kier molecular flexibility index (Phi) is 3.19. The summed E-state index contributed by atoms with van der Waals surface area (Å²) < 4.78 is 25.7. The normalized spacial score (nSPS) is 26.6. The molecule has 94 valence electrons. The average molecular weight is 241 g/mol. The molecule has 2 unspecified atom stereocenters. The molecule has 2 nitrogen and oxygen atoms in total. The molecule has 1 aromatic rings. The number of halogens is 2. The van der Waals surface area contributed by atoms with Crippen LogP contribution in [0.15, 0.2) is 18.2 Å². The predicted molar refractivity (Wildman–Crippen MR) is 61.4 cm³/mol. The van der Waals surface area contributed by atoms with Crippen molar-refractivity contribution in [2.75, 3.05) is 0 Å². The van der Waals surface area contributed by atoms with E-state index in [1.807, 2.05) is 13.8 Å². The molecule has 2 rings (SSSR count). The maximum atomic E-state index is 13.0. The fourth-order valence-electron chi connectivity index (χ4n) is 2.14. The van der Waals surface area contributed by atoms with Crippen molar-refractivity contribution in [2.45, 2.75) is 39.0 Å². The molecule has 0 heterocycles. The van der Waals surface area contributed by atoms with Crippen LogP contribution in [0.5, 0.6) is 0 Å². The first-order valence-corrected chi connectivity index (χ1v) is 5.76. The Morgan fingerprint density at radius 2 is 2.06 bits per heavy atom. The first-order valence-electron chi connectivity index (χ1n) is 5.76. The number of aliphatic hydroxyl groups is 1. The van der Waals surface area contributed by atoms with Crippen molar-refractivity contribution in [3.63, 3.8) is 0 Å². The van der Waals surface area contributed by atoms with Gasteiger partial charge in [-0.05, 0) is 24.1 Å². The van der Waals surface area contributed by atoms with E-state index in [4.69, 9.17) is 0 Å². The Morgan fingerprint density at radius 1 is 1.35 bits per heavy atom. The molecule has 0 saturated heterocycles. The molecule has 0 amide bonds. The van der Waals surface area contributed by atoms with Crippen LogP contribution in [0.4, 0.5) is 8.78 Å². The number of nitrogens with one attached hydrogen (secondary N) is 1. The summed E-state index contributed by atoms with van der Waals surface area (Å²) in [5.41, 5.74) is 0.555. The summed E-state index contributed by atoms with van der Waals surface area (Å²) in [5, 5.41) is 12.8. The van der Waals surface area contributed by atoms with Gasteiger partial charge in [-0.3, -0.25) is 0 Å². The molecule has 0 aromatic heterocycles. The lowest BCUT2D eigenvalue weighted by atomic mass is 9.64. The third-order valence-electron chi connectivity index (χ3n) is 3.75. The highest BCUT2D eigenvalue weighted by atomic mass is 19.2. The molecule has 0 spiro atoms. The molecule has 1 fully saturated rings. The minimum Gasteiger partial charge on any atom is -0.392 e. The van der Waals surface area contributed by atoms with E-state index in [9.17, 15) is 13.9 Å². The summed E-state index contributed by atoms with van der Waals surface area (Å²) in [7, 11) is 0. The van der Waals surface area contributed by atoms with E-state index in [1.54, 1.807) is 6.07 Å². The summed E-state index contributed by atoms with van der Waals surface area (Å²) in [5.74, 6) is -1.65. The van der Waals surface area contributed by atoms with E-state index in [0.29, 0.717) is 18.5 Å². The summed E-state index contributed by atoms with van der Waals surface area (Å²) in [6.07, 6.45) is 0.418. The fraction of sp³-hybridized carbons (Fsp3) is 0.538. The maximum Gasteiger partial charge on any atom is 0.159 e. The van der Waals surface area contributed by atoms with Gasteiger partial charge in [0.05, 0.1) is 6.10 Å². The van der Waals surface area contributed by atoms with Crippen molar-refractivity contribution >= 4 is 0 Å². The van der Waals surface area contributed by atoms with Crippen LogP contribution in [0.2, 0.25) is 0 Å². The van der Waals surface area contributed by atoms with Gasteiger partial charge in [0, 0.05) is 18.0 Å². The zero-order valence-electron chi connectivity index (χ0n) is 10.0. The SMILES string of the molecule is CC1(C)C(O)CC1NCc1ccc(F)c(F)c1. The van der Waals surface area contributed by atoms with Crippen LogP contribution in [0.3, 0.4) is 0 Å². The van der Waals surface area contributed by atoms with Crippen molar-refractivity contribution in [3.05, 3.63) is 35.4 Å². The summed E-state index contributed by atoms with van der Waals surface area (Å²) in [6.45, 7) is 4.46. The molecule has 2 atom stereocenters. The minimum atomic E-state index is -0.826. The monoisotopic (exact) mass is 241 g/mol. The van der Waals surface area contributed by atoms with Gasteiger partial charge >= 0.3 is 0 Å². The molecule has 2 N–H and O–H groups in total. The van der Waals surface area contributed by atoms with Crippen LogP contribution in [0.25, 0.3) is 0 Å². The highest BCUT2D eigenvalue weighted by Gasteiger charge is 2.46. The molecule has 0 bridgehead atoms. The van der Waals surface area contributed by atoms with Gasteiger partial charge in [-0.2, -0.15) is 0 Å². The molecular weight excluding hydrogens is 224 g/mol. The predicted octanol–water partition coefficient (Wildman–Crippen LogP) is 2.21. The van der Waals surface area contributed by atoms with E-state index in [1.165, 1.54) is 6.07 Å². The van der Waals surface area contributed by atoms with Gasteiger partial charge in [-0.1, -0.05) is 19.9 Å². The number of hydrogen-bond donors (Lipinski definition) is 2. The number of aliphatic hydroxyl groups excluding tert-OH is 1. The Balaban J connectivity index is 1.93. The van der Waals surface area contributed by atoms with Crippen LogP contribution >= 0.6 is 0 Å². The standard InChI is InChI=1S/C13H17F2NO/c1-13(2)11(6-12(13)17)16-7-8-3-4-9(14)10(15)5-8/h3-5,11-12,16-17H,6-7H2,1-2H3. The molecule has 1 aliphatic carbocycles. The van der Waals surface area contributed by atoms with Gasteiger partial charge in [0.2, 0.25) is 0 Å². The summed E-state index contributed by atoms with van der Waals surface area (Å²) in [4.78, 5) is 0.